The lowest BCUT2D eigenvalue weighted by molar-refractivity contribution is -0.131. The van der Waals surface area contributed by atoms with Crippen LogP contribution in [0, 0.1) is 0 Å². The van der Waals surface area contributed by atoms with Crippen molar-refractivity contribution in [2.24, 2.45) is 0 Å². The van der Waals surface area contributed by atoms with Crippen LogP contribution < -0.4 is 9.47 Å². The van der Waals surface area contributed by atoms with Gasteiger partial charge in [0.25, 0.3) is 0 Å². The van der Waals surface area contributed by atoms with Crippen LogP contribution in [0.1, 0.15) is 5.56 Å². The van der Waals surface area contributed by atoms with E-state index in [0.29, 0.717) is 19.8 Å². The number of likely N-dealkylation sites (N-methyl/N-ethyl adjacent to an activating group) is 1. The molecule has 0 spiro atoms. The van der Waals surface area contributed by atoms with E-state index < -0.39 is 0 Å². The van der Waals surface area contributed by atoms with Crippen molar-refractivity contribution in [3.8, 4) is 11.5 Å². The zero-order chi connectivity index (χ0) is 14.7. The lowest BCUT2D eigenvalue weighted by Crippen LogP contribution is -2.30. The van der Waals surface area contributed by atoms with Crippen LogP contribution in [0.4, 0.5) is 0 Å². The number of carbonyl (C=O) groups is 1. The minimum Gasteiger partial charge on any atom is -0.486 e. The summed E-state index contributed by atoms with van der Waals surface area (Å²) in [5.41, 5.74) is 0.979. The molecule has 1 aliphatic heterocycles. The van der Waals surface area contributed by atoms with Gasteiger partial charge in [0.05, 0.1) is 0 Å². The summed E-state index contributed by atoms with van der Waals surface area (Å²) in [6.45, 7) is 1.72. The Hall–Kier alpha value is -2.64. The molecule has 0 saturated carbocycles. The average molecular weight is 289 g/mol. The highest BCUT2D eigenvalue weighted by Crippen LogP contribution is 2.30. The van der Waals surface area contributed by atoms with Crippen LogP contribution in [0.5, 0.6) is 11.5 Å². The Balaban J connectivity index is 1.64. The van der Waals surface area contributed by atoms with Crippen LogP contribution in [-0.4, -0.2) is 51.3 Å². The monoisotopic (exact) mass is 289 g/mol. The van der Waals surface area contributed by atoms with Gasteiger partial charge in [0.15, 0.2) is 11.5 Å². The predicted octanol–water partition coefficient (Wildman–Crippen LogP) is 0.103. The fourth-order valence-electron chi connectivity index (χ4n) is 2.06. The molecule has 0 bridgehead atoms. The molecule has 0 N–H and O–H groups in total. The summed E-state index contributed by atoms with van der Waals surface area (Å²) in [4.78, 5) is 13.7. The number of ether oxygens (including phenoxy) is 2. The van der Waals surface area contributed by atoms with E-state index in [1.165, 1.54) is 11.0 Å². The maximum Gasteiger partial charge on any atom is 0.244 e. The summed E-state index contributed by atoms with van der Waals surface area (Å²) in [5.74, 6) is 1.39. The third-order valence-corrected chi connectivity index (χ3v) is 3.14. The van der Waals surface area contributed by atoms with Gasteiger partial charge in [0.2, 0.25) is 5.91 Å². The van der Waals surface area contributed by atoms with Crippen molar-refractivity contribution < 1.29 is 14.3 Å². The van der Waals surface area contributed by atoms with Crippen LogP contribution in [0.2, 0.25) is 0 Å². The minimum atomic E-state index is -0.0720. The molecule has 1 amide bonds. The lowest BCUT2D eigenvalue weighted by Gasteiger charge is -2.21. The van der Waals surface area contributed by atoms with E-state index in [0.717, 1.165) is 17.1 Å². The lowest BCUT2D eigenvalue weighted by atomic mass is 10.2. The van der Waals surface area contributed by atoms with E-state index in [-0.39, 0.29) is 12.5 Å². The molecule has 1 aromatic heterocycles. The first-order chi connectivity index (χ1) is 10.2. The zero-order valence-corrected chi connectivity index (χ0v) is 11.6. The number of nitrogens with zero attached hydrogens (tertiary/aromatic N) is 5. The molecule has 0 aliphatic carbocycles. The van der Waals surface area contributed by atoms with Gasteiger partial charge in [-0.1, -0.05) is 6.07 Å². The predicted molar refractivity (Wildman–Crippen MR) is 71.7 cm³/mol. The summed E-state index contributed by atoms with van der Waals surface area (Å²) >= 11 is 0. The van der Waals surface area contributed by atoms with Crippen molar-refractivity contribution in [2.45, 2.75) is 13.1 Å². The second-order valence-corrected chi connectivity index (χ2v) is 4.74. The number of amides is 1. The van der Waals surface area contributed by atoms with E-state index in [9.17, 15) is 4.79 Å². The van der Waals surface area contributed by atoms with Crippen molar-refractivity contribution in [2.75, 3.05) is 20.3 Å². The Morgan fingerprint density at radius 2 is 2.14 bits per heavy atom. The van der Waals surface area contributed by atoms with Gasteiger partial charge in [-0.25, -0.2) is 4.68 Å². The van der Waals surface area contributed by atoms with Crippen molar-refractivity contribution in [1.82, 2.24) is 25.1 Å². The Labute approximate surface area is 121 Å². The molecule has 3 rings (SSSR count). The Morgan fingerprint density at radius 3 is 2.90 bits per heavy atom. The van der Waals surface area contributed by atoms with Crippen molar-refractivity contribution >= 4 is 5.91 Å². The van der Waals surface area contributed by atoms with Crippen LogP contribution in [0.25, 0.3) is 0 Å². The number of fused-ring (bicyclic) bond motifs is 1. The summed E-state index contributed by atoms with van der Waals surface area (Å²) in [6.07, 6.45) is 1.41. The van der Waals surface area contributed by atoms with Crippen LogP contribution in [0.15, 0.2) is 24.5 Å². The molecule has 0 atom stereocenters. The number of aromatic nitrogens is 4. The SMILES string of the molecule is CN(Cc1ccc2c(c1)OCCO2)C(=O)Cn1cnnn1. The molecule has 0 unspecified atom stereocenters. The van der Waals surface area contributed by atoms with Crippen molar-refractivity contribution in [3.05, 3.63) is 30.1 Å². The topological polar surface area (TPSA) is 82.4 Å². The third-order valence-electron chi connectivity index (χ3n) is 3.14. The molecular formula is C13H15N5O3. The maximum atomic E-state index is 12.1. The zero-order valence-electron chi connectivity index (χ0n) is 11.6. The van der Waals surface area contributed by atoms with Crippen LogP contribution in [0.3, 0.4) is 0 Å². The fraction of sp³-hybridized carbons (Fsp3) is 0.385. The molecule has 1 aromatic carbocycles. The van der Waals surface area contributed by atoms with Gasteiger partial charge in [0.1, 0.15) is 26.1 Å². The van der Waals surface area contributed by atoms with E-state index >= 15 is 0 Å². The highest BCUT2D eigenvalue weighted by molar-refractivity contribution is 5.75. The number of rotatable bonds is 4. The highest BCUT2D eigenvalue weighted by Gasteiger charge is 2.14. The Kier molecular flexibility index (Phi) is 3.67. The normalized spacial score (nSPS) is 13.0. The summed E-state index contributed by atoms with van der Waals surface area (Å²) in [6, 6.07) is 5.69. The summed E-state index contributed by atoms with van der Waals surface area (Å²) in [5, 5.41) is 10.7. The van der Waals surface area contributed by atoms with Gasteiger partial charge in [-0.05, 0) is 28.1 Å². The molecule has 1 aliphatic rings. The Morgan fingerprint density at radius 1 is 1.33 bits per heavy atom. The number of tetrazole rings is 1. The van der Waals surface area contributed by atoms with Crippen molar-refractivity contribution in [1.29, 1.82) is 0 Å². The van der Waals surface area contributed by atoms with Crippen molar-refractivity contribution in [3.63, 3.8) is 0 Å². The number of hydrogen-bond acceptors (Lipinski definition) is 6. The van der Waals surface area contributed by atoms with Gasteiger partial charge in [-0.2, -0.15) is 0 Å². The maximum absolute atomic E-state index is 12.1. The molecular weight excluding hydrogens is 274 g/mol. The molecule has 8 nitrogen and oxygen atoms in total. The molecule has 110 valence electrons. The van der Waals surface area contributed by atoms with Gasteiger partial charge >= 0.3 is 0 Å². The fourth-order valence-corrected chi connectivity index (χ4v) is 2.06. The van der Waals surface area contributed by atoms with E-state index in [1.807, 2.05) is 18.2 Å². The smallest absolute Gasteiger partial charge is 0.244 e. The average Bonchev–Trinajstić information content (AvgIpc) is 3.00. The quantitative estimate of drug-likeness (QED) is 0.794. The summed E-state index contributed by atoms with van der Waals surface area (Å²) < 4.78 is 12.4. The number of carbonyl (C=O) groups excluding carboxylic acids is 1. The first-order valence-electron chi connectivity index (χ1n) is 6.55. The Bertz CT molecular complexity index is 629. The molecule has 0 fully saturated rings. The van der Waals surface area contributed by atoms with Crippen LogP contribution >= 0.6 is 0 Å². The van der Waals surface area contributed by atoms with E-state index in [1.54, 1.807) is 11.9 Å². The second kappa shape index (κ2) is 5.78. The second-order valence-electron chi connectivity index (χ2n) is 4.74. The molecule has 0 saturated heterocycles. The molecule has 21 heavy (non-hydrogen) atoms. The summed E-state index contributed by atoms with van der Waals surface area (Å²) in [7, 11) is 1.74. The van der Waals surface area contributed by atoms with E-state index in [4.69, 9.17) is 9.47 Å². The molecule has 2 heterocycles. The molecule has 8 heteroatoms. The van der Waals surface area contributed by atoms with Gasteiger partial charge in [-0.3, -0.25) is 4.79 Å². The van der Waals surface area contributed by atoms with Gasteiger partial charge < -0.3 is 14.4 Å². The number of hydrogen-bond donors (Lipinski definition) is 0. The standard InChI is InChI=1S/C13H15N5O3/c1-17(13(19)8-18-9-14-15-16-18)7-10-2-3-11-12(6-10)21-5-4-20-11/h2-3,6,9H,4-5,7-8H2,1H3. The first-order valence-corrected chi connectivity index (χ1v) is 6.55. The number of benzene rings is 1. The first kappa shape index (κ1) is 13.3. The van der Waals surface area contributed by atoms with Crippen LogP contribution in [-0.2, 0) is 17.9 Å². The van der Waals surface area contributed by atoms with E-state index in [2.05, 4.69) is 15.5 Å². The van der Waals surface area contributed by atoms with Gasteiger partial charge in [-0.15, -0.1) is 5.10 Å². The minimum absolute atomic E-state index is 0.0720. The highest BCUT2D eigenvalue weighted by atomic mass is 16.6. The third kappa shape index (κ3) is 3.10. The van der Waals surface area contributed by atoms with Gasteiger partial charge in [0, 0.05) is 13.6 Å². The molecule has 0 radical (unpaired) electrons. The largest absolute Gasteiger partial charge is 0.486 e. The molecule has 2 aromatic rings.